The van der Waals surface area contributed by atoms with Crippen molar-refractivity contribution in [2.24, 2.45) is 0 Å². The molecule has 1 aromatic carbocycles. The number of carbonyl (C=O) groups is 2. The molecule has 6 heteroatoms. The van der Waals surface area contributed by atoms with Crippen molar-refractivity contribution < 1.29 is 9.59 Å². The van der Waals surface area contributed by atoms with Gasteiger partial charge in [-0.25, -0.2) is 4.79 Å². The van der Waals surface area contributed by atoms with E-state index in [1.54, 1.807) is 4.90 Å². The molecule has 0 aromatic heterocycles. The van der Waals surface area contributed by atoms with E-state index in [1.165, 1.54) is 0 Å². The maximum atomic E-state index is 12.8. The monoisotopic (exact) mass is 316 g/mol. The van der Waals surface area contributed by atoms with E-state index >= 15 is 0 Å². The molecule has 2 aliphatic heterocycles. The van der Waals surface area contributed by atoms with E-state index < -0.39 is 0 Å². The zero-order valence-corrected chi connectivity index (χ0v) is 13.5. The maximum Gasteiger partial charge on any atom is 0.321 e. The number of hydrogen-bond acceptors (Lipinski definition) is 3. The first-order valence-corrected chi connectivity index (χ1v) is 8.38. The largest absolute Gasteiger partial charge is 0.336 e. The topological polar surface area (TPSA) is 64.7 Å². The molecule has 0 spiro atoms. The zero-order valence-electron chi connectivity index (χ0n) is 13.5. The molecule has 0 aliphatic carbocycles. The molecule has 0 radical (unpaired) electrons. The summed E-state index contributed by atoms with van der Waals surface area (Å²) in [6.07, 6.45) is 1.96. The Hall–Kier alpha value is -2.08. The molecular formula is C17H24N4O2. The van der Waals surface area contributed by atoms with Crippen LogP contribution in [0.4, 0.5) is 10.5 Å². The normalized spacial score (nSPS) is 20.7. The minimum absolute atomic E-state index is 0.0753. The Balaban J connectivity index is 1.74. The highest BCUT2D eigenvalue weighted by Crippen LogP contribution is 2.20. The first-order valence-electron chi connectivity index (χ1n) is 8.38. The first-order chi connectivity index (χ1) is 11.2. The minimum Gasteiger partial charge on any atom is -0.336 e. The smallest absolute Gasteiger partial charge is 0.321 e. The highest BCUT2D eigenvalue weighted by atomic mass is 16.2. The Bertz CT molecular complexity index is 566. The molecule has 2 heterocycles. The first kappa shape index (κ1) is 15.8. The van der Waals surface area contributed by atoms with Crippen molar-refractivity contribution in [3.63, 3.8) is 0 Å². The number of benzene rings is 1. The van der Waals surface area contributed by atoms with Crippen molar-refractivity contribution in [3.05, 3.63) is 29.8 Å². The van der Waals surface area contributed by atoms with Crippen molar-refractivity contribution >= 4 is 17.6 Å². The van der Waals surface area contributed by atoms with Crippen molar-refractivity contribution in [2.75, 3.05) is 37.6 Å². The summed E-state index contributed by atoms with van der Waals surface area (Å²) in [4.78, 5) is 28.2. The zero-order chi connectivity index (χ0) is 16.2. The summed E-state index contributed by atoms with van der Waals surface area (Å²) in [5.41, 5.74) is 1.52. The molecule has 1 unspecified atom stereocenters. The quantitative estimate of drug-likeness (QED) is 0.864. The Kier molecular flexibility index (Phi) is 4.81. The van der Waals surface area contributed by atoms with Gasteiger partial charge in [-0.2, -0.15) is 0 Å². The van der Waals surface area contributed by atoms with Gasteiger partial charge in [0.2, 0.25) is 0 Å². The summed E-state index contributed by atoms with van der Waals surface area (Å²) in [6, 6.07) is 7.58. The van der Waals surface area contributed by atoms with Crippen LogP contribution < -0.4 is 15.5 Å². The van der Waals surface area contributed by atoms with Gasteiger partial charge in [-0.15, -0.1) is 0 Å². The van der Waals surface area contributed by atoms with Crippen LogP contribution in [0.15, 0.2) is 24.3 Å². The average molecular weight is 316 g/mol. The molecular weight excluding hydrogens is 292 g/mol. The maximum absolute atomic E-state index is 12.8. The van der Waals surface area contributed by atoms with E-state index in [4.69, 9.17) is 0 Å². The SMILES string of the molecule is CCCN(C(=O)c1ccc(N2CCNC2=O)cc1)C1CCNC1. The van der Waals surface area contributed by atoms with Crippen LogP contribution in [0.3, 0.4) is 0 Å². The summed E-state index contributed by atoms with van der Waals surface area (Å²) in [5, 5.41) is 6.11. The van der Waals surface area contributed by atoms with Gasteiger partial charge >= 0.3 is 6.03 Å². The van der Waals surface area contributed by atoms with E-state index in [9.17, 15) is 9.59 Å². The highest BCUT2D eigenvalue weighted by molar-refractivity contribution is 5.97. The van der Waals surface area contributed by atoms with Crippen molar-refractivity contribution in [1.82, 2.24) is 15.5 Å². The van der Waals surface area contributed by atoms with Gasteiger partial charge in [0, 0.05) is 43.5 Å². The molecule has 2 N–H and O–H groups in total. The van der Waals surface area contributed by atoms with Gasteiger partial charge in [0.15, 0.2) is 0 Å². The molecule has 0 bridgehead atoms. The van der Waals surface area contributed by atoms with Gasteiger partial charge in [-0.05, 0) is 43.7 Å². The molecule has 1 aromatic rings. The van der Waals surface area contributed by atoms with E-state index in [0.29, 0.717) is 18.7 Å². The molecule has 6 nitrogen and oxygen atoms in total. The summed E-state index contributed by atoms with van der Waals surface area (Å²) in [6.45, 7) is 6.05. The van der Waals surface area contributed by atoms with Gasteiger partial charge in [-0.1, -0.05) is 6.92 Å². The third kappa shape index (κ3) is 3.32. The average Bonchev–Trinajstić information content (AvgIpc) is 3.24. The van der Waals surface area contributed by atoms with Gasteiger partial charge in [0.25, 0.3) is 5.91 Å². The lowest BCUT2D eigenvalue weighted by atomic mass is 10.1. The number of nitrogens with zero attached hydrogens (tertiary/aromatic N) is 2. The molecule has 1 atom stereocenters. The van der Waals surface area contributed by atoms with Crippen LogP contribution in [-0.4, -0.2) is 55.6 Å². The van der Waals surface area contributed by atoms with Crippen LogP contribution in [0.1, 0.15) is 30.1 Å². The summed E-state index contributed by atoms with van der Waals surface area (Å²) < 4.78 is 0. The van der Waals surface area contributed by atoms with E-state index in [1.807, 2.05) is 29.2 Å². The van der Waals surface area contributed by atoms with Crippen molar-refractivity contribution in [1.29, 1.82) is 0 Å². The van der Waals surface area contributed by atoms with E-state index in [2.05, 4.69) is 17.6 Å². The molecule has 2 aliphatic rings. The van der Waals surface area contributed by atoms with Gasteiger partial charge in [0.1, 0.15) is 0 Å². The minimum atomic E-state index is -0.0753. The summed E-state index contributed by atoms with van der Waals surface area (Å²) in [7, 11) is 0. The standard InChI is InChI=1S/C17H24N4O2/c1-2-10-20(15-7-8-18-12-15)16(22)13-3-5-14(6-4-13)21-11-9-19-17(21)23/h3-6,15,18H,2,7-12H2,1H3,(H,19,23). The van der Waals surface area contributed by atoms with Gasteiger partial charge in [0.05, 0.1) is 0 Å². The lowest BCUT2D eigenvalue weighted by Gasteiger charge is -2.28. The molecule has 124 valence electrons. The molecule has 2 saturated heterocycles. The lowest BCUT2D eigenvalue weighted by molar-refractivity contribution is 0.0692. The lowest BCUT2D eigenvalue weighted by Crippen LogP contribution is -2.42. The van der Waals surface area contributed by atoms with Crippen molar-refractivity contribution in [3.8, 4) is 0 Å². The van der Waals surface area contributed by atoms with Crippen LogP contribution in [0.5, 0.6) is 0 Å². The number of rotatable bonds is 5. The van der Waals surface area contributed by atoms with Gasteiger partial charge in [-0.3, -0.25) is 9.69 Å². The molecule has 3 amide bonds. The fraction of sp³-hybridized carbons (Fsp3) is 0.529. The predicted octanol–water partition coefficient (Wildman–Crippen LogP) is 1.43. The summed E-state index contributed by atoms with van der Waals surface area (Å²) >= 11 is 0. The third-order valence-electron chi connectivity index (χ3n) is 4.48. The fourth-order valence-corrected chi connectivity index (χ4v) is 3.26. The number of carbonyl (C=O) groups excluding carboxylic acids is 2. The Morgan fingerprint density at radius 3 is 2.65 bits per heavy atom. The third-order valence-corrected chi connectivity index (χ3v) is 4.48. The number of hydrogen-bond donors (Lipinski definition) is 2. The second-order valence-electron chi connectivity index (χ2n) is 6.08. The van der Waals surface area contributed by atoms with Crippen LogP contribution in [0, 0.1) is 0 Å². The van der Waals surface area contributed by atoms with Crippen LogP contribution in [0.25, 0.3) is 0 Å². The van der Waals surface area contributed by atoms with E-state index in [0.717, 1.165) is 38.2 Å². The second kappa shape index (κ2) is 7.00. The molecule has 3 rings (SSSR count). The fourth-order valence-electron chi connectivity index (χ4n) is 3.26. The number of urea groups is 1. The number of anilines is 1. The highest BCUT2D eigenvalue weighted by Gasteiger charge is 2.27. The van der Waals surface area contributed by atoms with Gasteiger partial charge < -0.3 is 15.5 Å². The Labute approximate surface area is 136 Å². The van der Waals surface area contributed by atoms with Crippen LogP contribution in [-0.2, 0) is 0 Å². The second-order valence-corrected chi connectivity index (χ2v) is 6.08. The molecule has 23 heavy (non-hydrogen) atoms. The summed E-state index contributed by atoms with van der Waals surface area (Å²) in [5.74, 6) is 0.0815. The van der Waals surface area contributed by atoms with E-state index in [-0.39, 0.29) is 18.0 Å². The Morgan fingerprint density at radius 1 is 1.30 bits per heavy atom. The Morgan fingerprint density at radius 2 is 2.09 bits per heavy atom. The predicted molar refractivity (Wildman–Crippen MR) is 89.8 cm³/mol. The molecule has 2 fully saturated rings. The van der Waals surface area contributed by atoms with Crippen LogP contribution >= 0.6 is 0 Å². The van der Waals surface area contributed by atoms with Crippen molar-refractivity contribution in [2.45, 2.75) is 25.8 Å². The number of amides is 3. The molecule has 0 saturated carbocycles. The van der Waals surface area contributed by atoms with Crippen LogP contribution in [0.2, 0.25) is 0 Å². The number of nitrogens with one attached hydrogen (secondary N) is 2.